The summed E-state index contributed by atoms with van der Waals surface area (Å²) in [5.74, 6) is 1.01. The third-order valence-electron chi connectivity index (χ3n) is 9.32. The molecule has 0 radical (unpaired) electrons. The van der Waals surface area contributed by atoms with E-state index in [0.717, 1.165) is 49.5 Å². The van der Waals surface area contributed by atoms with Crippen molar-refractivity contribution >= 4 is 16.3 Å². The Balaban J connectivity index is 0.000000806. The third-order valence-corrected chi connectivity index (χ3v) is 9.32. The van der Waals surface area contributed by atoms with Gasteiger partial charge in [0.1, 0.15) is 0 Å². The fraction of sp³-hybridized carbons (Fsp3) is 0.516. The average molecular weight is 473 g/mol. The second-order valence-electron chi connectivity index (χ2n) is 11.4. The van der Waals surface area contributed by atoms with Crippen molar-refractivity contribution in [3.63, 3.8) is 0 Å². The van der Waals surface area contributed by atoms with Crippen LogP contribution in [0.5, 0.6) is 0 Å². The molecule has 1 aromatic heterocycles. The van der Waals surface area contributed by atoms with Crippen molar-refractivity contribution in [1.82, 2.24) is 10.3 Å². The predicted molar refractivity (Wildman–Crippen MR) is 144 cm³/mol. The number of hydrogen-bond acceptors (Lipinski definition) is 4. The van der Waals surface area contributed by atoms with Crippen LogP contribution in [0.15, 0.2) is 66.0 Å². The molecule has 4 aliphatic rings. The number of aliphatic hydroxyl groups is 2. The van der Waals surface area contributed by atoms with E-state index in [-0.39, 0.29) is 17.4 Å². The van der Waals surface area contributed by atoms with Gasteiger partial charge >= 0.3 is 0 Å². The zero-order valence-corrected chi connectivity index (χ0v) is 21.6. The minimum Gasteiger partial charge on any atom is -0.393 e. The number of rotatable bonds is 1. The molecule has 6 atom stereocenters. The molecule has 1 fully saturated rings. The summed E-state index contributed by atoms with van der Waals surface area (Å²) in [5.41, 5.74) is 4.18. The van der Waals surface area contributed by atoms with E-state index in [2.05, 4.69) is 66.6 Å². The minimum absolute atomic E-state index is 0.109. The third kappa shape index (κ3) is 4.00. The number of nitrogens with zero attached hydrogens (tertiary/aromatic N) is 1. The molecule has 0 spiro atoms. The van der Waals surface area contributed by atoms with E-state index in [1.165, 1.54) is 22.1 Å². The van der Waals surface area contributed by atoms with Crippen LogP contribution in [0.1, 0.15) is 57.9 Å². The molecule has 6 rings (SSSR count). The number of hydrogen-bond donors (Lipinski definition) is 3. The Kier molecular flexibility index (Phi) is 6.50. The molecule has 35 heavy (non-hydrogen) atoms. The van der Waals surface area contributed by atoms with Crippen LogP contribution in [0.25, 0.3) is 16.3 Å². The largest absolute Gasteiger partial charge is 0.393 e. The number of benzene rings is 1. The lowest BCUT2D eigenvalue weighted by atomic mass is 9.54. The van der Waals surface area contributed by atoms with Gasteiger partial charge in [-0.3, -0.25) is 4.98 Å². The summed E-state index contributed by atoms with van der Waals surface area (Å²) >= 11 is 0. The maximum absolute atomic E-state index is 12.3. The second-order valence-corrected chi connectivity index (χ2v) is 11.4. The zero-order valence-electron chi connectivity index (χ0n) is 21.6. The number of aromatic nitrogens is 1. The Morgan fingerprint density at radius 2 is 1.89 bits per heavy atom. The Bertz CT molecular complexity index is 1200. The molecule has 3 N–H and O–H groups in total. The Labute approximate surface area is 209 Å². The van der Waals surface area contributed by atoms with Crippen LogP contribution in [0.2, 0.25) is 0 Å². The molecule has 2 aromatic rings. The molecule has 1 saturated carbocycles. The van der Waals surface area contributed by atoms with Gasteiger partial charge < -0.3 is 15.5 Å². The smallest absolute Gasteiger partial charge is 0.0933 e. The van der Waals surface area contributed by atoms with Crippen LogP contribution >= 0.6 is 0 Å². The number of aliphatic hydroxyl groups excluding tert-OH is 1. The molecule has 186 valence electrons. The summed E-state index contributed by atoms with van der Waals surface area (Å²) in [7, 11) is 3.75. The molecule has 0 saturated heterocycles. The molecule has 4 nitrogen and oxygen atoms in total. The quantitative estimate of drug-likeness (QED) is 0.500. The predicted octanol–water partition coefficient (Wildman–Crippen LogP) is 5.67. The van der Waals surface area contributed by atoms with Crippen LogP contribution in [-0.4, -0.2) is 41.0 Å². The highest BCUT2D eigenvalue weighted by atomic mass is 16.3. The first-order chi connectivity index (χ1) is 16.8. The fourth-order valence-electron chi connectivity index (χ4n) is 7.32. The Hall–Kier alpha value is -2.27. The lowest BCUT2D eigenvalue weighted by Crippen LogP contribution is -2.51. The van der Waals surface area contributed by atoms with Gasteiger partial charge in [-0.15, -0.1) is 0 Å². The topological polar surface area (TPSA) is 65.4 Å². The highest BCUT2D eigenvalue weighted by Gasteiger charge is 2.58. The number of pyridine rings is 1. The first-order valence-corrected chi connectivity index (χ1v) is 13.3. The van der Waals surface area contributed by atoms with E-state index in [9.17, 15) is 10.2 Å². The fourth-order valence-corrected chi connectivity index (χ4v) is 7.32. The highest BCUT2D eigenvalue weighted by molar-refractivity contribution is 5.87. The van der Waals surface area contributed by atoms with Gasteiger partial charge in [0, 0.05) is 29.1 Å². The summed E-state index contributed by atoms with van der Waals surface area (Å²) in [6.45, 7) is 4.69. The van der Waals surface area contributed by atoms with Crippen molar-refractivity contribution in [2.45, 2.75) is 64.1 Å². The minimum atomic E-state index is -0.798. The van der Waals surface area contributed by atoms with Crippen LogP contribution < -0.4 is 5.32 Å². The van der Waals surface area contributed by atoms with Crippen LogP contribution in [0.4, 0.5) is 0 Å². The van der Waals surface area contributed by atoms with Crippen LogP contribution in [0.3, 0.4) is 0 Å². The van der Waals surface area contributed by atoms with Crippen molar-refractivity contribution in [1.29, 1.82) is 0 Å². The Morgan fingerprint density at radius 3 is 2.69 bits per heavy atom. The van der Waals surface area contributed by atoms with E-state index in [1.54, 1.807) is 0 Å². The van der Waals surface area contributed by atoms with E-state index in [0.29, 0.717) is 11.8 Å². The monoisotopic (exact) mass is 472 g/mol. The van der Waals surface area contributed by atoms with Gasteiger partial charge in [-0.25, -0.2) is 0 Å². The van der Waals surface area contributed by atoms with Gasteiger partial charge in [-0.2, -0.15) is 0 Å². The molecule has 0 bridgehead atoms. The SMILES string of the molecule is CC1C=C2C=C3CC(O)CCC3CC[C@]2(O)C2CC=C(c3ccc4ccncc4c3)C12C.CNC. The van der Waals surface area contributed by atoms with Crippen molar-refractivity contribution in [2.75, 3.05) is 14.1 Å². The van der Waals surface area contributed by atoms with Gasteiger partial charge in [0.25, 0.3) is 0 Å². The number of fused-ring (bicyclic) bond motifs is 5. The molecule has 1 heterocycles. The summed E-state index contributed by atoms with van der Waals surface area (Å²) in [6.07, 6.45) is 16.0. The molecular formula is C31H40N2O2. The summed E-state index contributed by atoms with van der Waals surface area (Å²) in [5, 5.41) is 27.6. The summed E-state index contributed by atoms with van der Waals surface area (Å²) in [6, 6.07) is 8.76. The average Bonchev–Trinajstić information content (AvgIpc) is 3.15. The van der Waals surface area contributed by atoms with E-state index >= 15 is 0 Å². The van der Waals surface area contributed by atoms with E-state index in [1.807, 2.05) is 26.5 Å². The molecule has 5 unspecified atom stereocenters. The molecule has 1 aromatic carbocycles. The van der Waals surface area contributed by atoms with Gasteiger partial charge in [0.2, 0.25) is 0 Å². The first kappa shape index (κ1) is 24.4. The molecule has 4 aliphatic carbocycles. The van der Waals surface area contributed by atoms with Gasteiger partial charge in [0.15, 0.2) is 0 Å². The van der Waals surface area contributed by atoms with Crippen molar-refractivity contribution < 1.29 is 10.2 Å². The zero-order chi connectivity index (χ0) is 24.8. The molecule has 0 aliphatic heterocycles. The van der Waals surface area contributed by atoms with Crippen molar-refractivity contribution in [2.24, 2.45) is 23.2 Å². The molecular weight excluding hydrogens is 432 g/mol. The van der Waals surface area contributed by atoms with Crippen LogP contribution in [0, 0.1) is 23.2 Å². The van der Waals surface area contributed by atoms with Crippen LogP contribution in [-0.2, 0) is 0 Å². The second kappa shape index (κ2) is 9.31. The summed E-state index contributed by atoms with van der Waals surface area (Å²) in [4.78, 5) is 4.32. The maximum Gasteiger partial charge on any atom is 0.0933 e. The standard InChI is InChI=1S/C29H33NO2.C2H7N/c1-18-13-24-15-22-16-25(31)6-5-19(22)9-11-29(24,32)27-8-7-26(28(18,27)2)21-4-3-20-10-12-30-17-23(20)14-21;1-3-2/h3-4,7,10,12-15,17-19,25,27,31-32H,5-6,8-9,11,16H2,1-2H3;3H,1-2H3/t18?,19?,25?,27?,28?,29-;/m1./s1. The molecule has 0 amide bonds. The van der Waals surface area contributed by atoms with E-state index in [4.69, 9.17) is 0 Å². The lowest BCUT2D eigenvalue weighted by Gasteiger charge is -2.51. The first-order valence-electron chi connectivity index (χ1n) is 13.3. The normalized spacial score (nSPS) is 35.9. The maximum atomic E-state index is 12.3. The van der Waals surface area contributed by atoms with Gasteiger partial charge in [-0.05, 0) is 98.7 Å². The van der Waals surface area contributed by atoms with Gasteiger partial charge in [0.05, 0.1) is 11.7 Å². The van der Waals surface area contributed by atoms with Gasteiger partial charge in [-0.1, -0.05) is 49.8 Å². The van der Waals surface area contributed by atoms with Crippen molar-refractivity contribution in [3.8, 4) is 0 Å². The lowest BCUT2D eigenvalue weighted by molar-refractivity contribution is -0.0455. The number of allylic oxidation sites excluding steroid dienone is 3. The highest BCUT2D eigenvalue weighted by Crippen LogP contribution is 2.63. The summed E-state index contributed by atoms with van der Waals surface area (Å²) < 4.78 is 0. The van der Waals surface area contributed by atoms with E-state index < -0.39 is 5.60 Å². The Morgan fingerprint density at radius 1 is 1.09 bits per heavy atom. The molecule has 4 heteroatoms. The van der Waals surface area contributed by atoms with Crippen molar-refractivity contribution in [3.05, 3.63) is 71.6 Å². The number of nitrogens with one attached hydrogen (secondary N) is 1.